The third-order valence-electron chi connectivity index (χ3n) is 5.17. The summed E-state index contributed by atoms with van der Waals surface area (Å²) < 4.78 is 22.2. The van der Waals surface area contributed by atoms with E-state index in [2.05, 4.69) is 30.4 Å². The fourth-order valence-electron chi connectivity index (χ4n) is 2.92. The second kappa shape index (κ2) is 14.9. The van der Waals surface area contributed by atoms with Crippen molar-refractivity contribution < 1.29 is 18.0 Å². The Hall–Kier alpha value is -3.34. The highest BCUT2D eigenvalue weighted by atomic mass is 32.2. The van der Waals surface area contributed by atoms with Crippen molar-refractivity contribution in [1.29, 1.82) is 0 Å². The first kappa shape index (κ1) is 31.2. The second-order valence-corrected chi connectivity index (χ2v) is 13.4. The third-order valence-corrected chi connectivity index (χ3v) is 8.83. The summed E-state index contributed by atoms with van der Waals surface area (Å²) in [6.45, 7) is 0. The van der Waals surface area contributed by atoms with Crippen LogP contribution >= 0.6 is 34.4 Å². The molecule has 0 radical (unpaired) electrons. The van der Waals surface area contributed by atoms with Crippen LogP contribution in [0.4, 0.5) is 10.3 Å². The number of hydrogen-bond donors (Lipinski definition) is 0. The van der Waals surface area contributed by atoms with Gasteiger partial charge in [-0.1, -0.05) is 22.7 Å². The highest BCUT2D eigenvalue weighted by Gasteiger charge is 2.18. The molecule has 40 heavy (non-hydrogen) atoms. The van der Waals surface area contributed by atoms with E-state index in [0.29, 0.717) is 21.7 Å². The summed E-state index contributed by atoms with van der Waals surface area (Å²) in [5.74, 6) is 0.388. The fraction of sp³-hybridized carbons (Fsp3) is 0.333. The highest BCUT2D eigenvalue weighted by Crippen LogP contribution is 2.28. The summed E-state index contributed by atoms with van der Waals surface area (Å²) in [6, 6.07) is 7.41. The zero-order chi connectivity index (χ0) is 29.1. The van der Waals surface area contributed by atoms with Gasteiger partial charge in [0, 0.05) is 74.9 Å². The topological polar surface area (TPSA) is 152 Å². The van der Waals surface area contributed by atoms with Crippen molar-refractivity contribution in [1.82, 2.24) is 30.4 Å². The van der Waals surface area contributed by atoms with Crippen LogP contribution in [0.25, 0.3) is 21.1 Å². The van der Waals surface area contributed by atoms with E-state index in [-0.39, 0.29) is 24.0 Å². The molecular weight excluding hydrogens is 593 g/mol. The van der Waals surface area contributed by atoms with E-state index in [9.17, 15) is 18.0 Å². The highest BCUT2D eigenvalue weighted by molar-refractivity contribution is 7.98. The first-order valence-corrected chi connectivity index (χ1v) is 16.9. The molecule has 0 aliphatic heterocycles. The van der Waals surface area contributed by atoms with Crippen molar-refractivity contribution in [2.24, 2.45) is 0 Å². The van der Waals surface area contributed by atoms with Crippen LogP contribution in [0, 0.1) is 0 Å². The van der Waals surface area contributed by atoms with Gasteiger partial charge in [-0.15, -0.1) is 20.4 Å². The molecule has 16 heteroatoms. The maximum atomic E-state index is 11.9. The van der Waals surface area contributed by atoms with Crippen molar-refractivity contribution >= 4 is 66.4 Å². The summed E-state index contributed by atoms with van der Waals surface area (Å²) in [7, 11) is 0.125. The largest absolute Gasteiger partial charge is 0.290 e. The molecule has 4 aromatic heterocycles. The number of carbonyl (C=O) groups excluding carboxylic acids is 2. The summed E-state index contributed by atoms with van der Waals surface area (Å²) in [5, 5.41) is 18.6. The van der Waals surface area contributed by atoms with Crippen LogP contribution in [-0.4, -0.2) is 88.7 Å². The number of pyridine rings is 2. The zero-order valence-electron chi connectivity index (χ0n) is 22.3. The van der Waals surface area contributed by atoms with Gasteiger partial charge in [0.15, 0.2) is 10.0 Å². The molecule has 0 atom stereocenters. The van der Waals surface area contributed by atoms with Gasteiger partial charge in [0.25, 0.3) is 0 Å². The first-order valence-electron chi connectivity index (χ1n) is 11.8. The van der Waals surface area contributed by atoms with Crippen LogP contribution in [0.1, 0.15) is 12.8 Å². The molecular formula is C24H28N8O4S4. The molecule has 0 aliphatic rings. The zero-order valence-corrected chi connectivity index (χ0v) is 25.6. The third kappa shape index (κ3) is 9.39. The van der Waals surface area contributed by atoms with Gasteiger partial charge < -0.3 is 0 Å². The maximum absolute atomic E-state index is 11.9. The smallest absolute Gasteiger partial charge is 0.229 e. The van der Waals surface area contributed by atoms with Gasteiger partial charge in [0.2, 0.25) is 22.1 Å². The summed E-state index contributed by atoms with van der Waals surface area (Å²) in [4.78, 5) is 34.7. The number of hydrogen-bond acceptors (Lipinski definition) is 13. The number of sulfone groups is 1. The van der Waals surface area contributed by atoms with E-state index in [1.807, 2.05) is 24.5 Å². The quantitative estimate of drug-likeness (QED) is 0.257. The van der Waals surface area contributed by atoms with Gasteiger partial charge >= 0.3 is 0 Å². The molecule has 0 aromatic carbocycles. The number of thioether (sulfide) groups is 1. The van der Waals surface area contributed by atoms with Crippen LogP contribution < -0.4 is 9.80 Å². The molecule has 12 nitrogen and oxygen atoms in total. The lowest BCUT2D eigenvalue weighted by molar-refractivity contribution is -0.118. The van der Waals surface area contributed by atoms with Gasteiger partial charge in [0.05, 0.1) is 5.75 Å². The molecule has 0 aliphatic carbocycles. The minimum Gasteiger partial charge on any atom is -0.290 e. The van der Waals surface area contributed by atoms with E-state index in [4.69, 9.17) is 0 Å². The molecule has 0 bridgehead atoms. The molecule has 4 aromatic rings. The Balaban J connectivity index is 0.000000222. The van der Waals surface area contributed by atoms with Gasteiger partial charge in [-0.05, 0) is 30.5 Å². The van der Waals surface area contributed by atoms with E-state index in [1.165, 1.54) is 27.6 Å². The summed E-state index contributed by atoms with van der Waals surface area (Å²) in [5.41, 5.74) is 1.73. The standard InChI is InChI=1S/C12H14N4O3S2.C12H14N4OS2/c1-16(10(17)5-7-21(2,18)19)12-15-14-11(20-12)9-4-3-6-13-8-9;1-16(10(17)5-7-18-2)12-15-14-11(19-12)9-4-3-6-13-8-9/h3-4,6,8H,5,7H2,1-2H3;3-4,6,8H,5,7H2,1-2H3. The lowest BCUT2D eigenvalue weighted by Gasteiger charge is -2.12. The molecule has 4 rings (SSSR count). The van der Waals surface area contributed by atoms with E-state index >= 15 is 0 Å². The first-order chi connectivity index (χ1) is 19.1. The minimum absolute atomic E-state index is 0.0586. The Morgan fingerprint density at radius 1 is 0.825 bits per heavy atom. The predicted molar refractivity (Wildman–Crippen MR) is 160 cm³/mol. The molecule has 0 N–H and O–H groups in total. The molecule has 0 spiro atoms. The summed E-state index contributed by atoms with van der Waals surface area (Å²) in [6.07, 6.45) is 10.3. The Kier molecular flexibility index (Phi) is 11.6. The minimum atomic E-state index is -3.16. The lowest BCUT2D eigenvalue weighted by atomic mass is 10.3. The molecule has 4 heterocycles. The number of anilines is 2. The van der Waals surface area contributed by atoms with Crippen molar-refractivity contribution in [3.8, 4) is 21.1 Å². The number of amides is 2. The van der Waals surface area contributed by atoms with Crippen LogP contribution in [0.2, 0.25) is 0 Å². The number of carbonyl (C=O) groups is 2. The van der Waals surface area contributed by atoms with Crippen LogP contribution in [0.5, 0.6) is 0 Å². The molecule has 0 fully saturated rings. The average molecular weight is 621 g/mol. The summed E-state index contributed by atoms with van der Waals surface area (Å²) >= 11 is 4.30. The molecule has 0 saturated heterocycles. The van der Waals surface area contributed by atoms with E-state index in [1.54, 1.807) is 61.6 Å². The van der Waals surface area contributed by atoms with Gasteiger partial charge in [-0.3, -0.25) is 29.4 Å². The van der Waals surface area contributed by atoms with Crippen molar-refractivity contribution in [3.63, 3.8) is 0 Å². The Labute approximate surface area is 244 Å². The monoisotopic (exact) mass is 620 g/mol. The van der Waals surface area contributed by atoms with E-state index < -0.39 is 9.84 Å². The van der Waals surface area contributed by atoms with Crippen molar-refractivity contribution in [2.75, 3.05) is 47.9 Å². The second-order valence-electron chi connectivity index (χ2n) is 8.29. The van der Waals surface area contributed by atoms with Crippen LogP contribution in [0.3, 0.4) is 0 Å². The SMILES string of the molecule is CN(C(=O)CCS(C)(=O)=O)c1nnc(-c2cccnc2)s1.CSCCC(=O)N(C)c1nnc(-c2cccnc2)s1. The Bertz CT molecular complexity index is 1500. The van der Waals surface area contributed by atoms with E-state index in [0.717, 1.165) is 28.1 Å². The van der Waals surface area contributed by atoms with Crippen molar-refractivity contribution in [3.05, 3.63) is 49.1 Å². The van der Waals surface area contributed by atoms with Crippen molar-refractivity contribution in [2.45, 2.75) is 12.8 Å². The van der Waals surface area contributed by atoms with Crippen LogP contribution in [-0.2, 0) is 19.4 Å². The fourth-order valence-corrected chi connectivity index (χ4v) is 5.48. The van der Waals surface area contributed by atoms with Crippen LogP contribution in [0.15, 0.2) is 49.1 Å². The Morgan fingerprint density at radius 3 is 1.70 bits per heavy atom. The average Bonchev–Trinajstić information content (AvgIpc) is 3.66. The lowest BCUT2D eigenvalue weighted by Crippen LogP contribution is -2.27. The Morgan fingerprint density at radius 2 is 1.30 bits per heavy atom. The molecule has 212 valence electrons. The van der Waals surface area contributed by atoms with Gasteiger partial charge in [-0.25, -0.2) is 8.42 Å². The number of nitrogens with zero attached hydrogens (tertiary/aromatic N) is 8. The molecule has 0 saturated carbocycles. The number of aromatic nitrogens is 6. The number of rotatable bonds is 10. The predicted octanol–water partition coefficient (Wildman–Crippen LogP) is 3.31. The van der Waals surface area contributed by atoms with Gasteiger partial charge in [-0.2, -0.15) is 11.8 Å². The maximum Gasteiger partial charge on any atom is 0.229 e. The molecule has 2 amide bonds. The normalized spacial score (nSPS) is 10.9. The molecule has 0 unspecified atom stereocenters. The van der Waals surface area contributed by atoms with Gasteiger partial charge in [0.1, 0.15) is 9.84 Å².